The number of nitrogens with one attached hydrogen (secondary N) is 2. The lowest BCUT2D eigenvalue weighted by atomic mass is 10.2. The first-order valence-electron chi connectivity index (χ1n) is 7.63. The van der Waals surface area contributed by atoms with Gasteiger partial charge in [0.2, 0.25) is 0 Å². The topological polar surface area (TPSA) is 90.7 Å². The molecule has 3 aromatic rings. The number of carbonyl (C=O) groups excluding carboxylic acids is 1. The fourth-order valence-electron chi connectivity index (χ4n) is 2.23. The number of rotatable bonds is 4. The number of amides is 1. The highest BCUT2D eigenvalue weighted by Crippen LogP contribution is 2.16. The zero-order chi connectivity index (χ0) is 17.6. The van der Waals surface area contributed by atoms with Crippen LogP contribution in [0.4, 0.5) is 17.2 Å². The number of hydrogen-bond donors (Lipinski definition) is 2. The van der Waals surface area contributed by atoms with Crippen LogP contribution in [0.2, 0.25) is 0 Å². The lowest BCUT2D eigenvalue weighted by Crippen LogP contribution is -2.15. The van der Waals surface area contributed by atoms with Gasteiger partial charge in [-0.25, -0.2) is 0 Å². The standard InChI is InChI=1S/C19H15N5O/c1-13-5-2-3-8-16(13)22-19(25)17-9-10-18(24-23-17)21-15-7-4-6-14(11-15)12-20/h2-11H,1H3,(H,21,24)(H,22,25). The van der Waals surface area contributed by atoms with Crippen molar-refractivity contribution in [3.8, 4) is 6.07 Å². The largest absolute Gasteiger partial charge is 0.339 e. The van der Waals surface area contributed by atoms with Gasteiger partial charge in [-0.15, -0.1) is 10.2 Å². The monoisotopic (exact) mass is 329 g/mol. The fourth-order valence-corrected chi connectivity index (χ4v) is 2.23. The molecule has 1 aromatic heterocycles. The summed E-state index contributed by atoms with van der Waals surface area (Å²) in [5.41, 5.74) is 3.21. The van der Waals surface area contributed by atoms with Gasteiger partial charge in [0.25, 0.3) is 5.91 Å². The molecule has 0 aliphatic rings. The average Bonchev–Trinajstić information content (AvgIpc) is 2.64. The highest BCUT2D eigenvalue weighted by molar-refractivity contribution is 6.03. The third-order valence-corrected chi connectivity index (χ3v) is 3.55. The number of anilines is 3. The second-order valence-electron chi connectivity index (χ2n) is 5.39. The number of para-hydroxylation sites is 1. The molecular formula is C19H15N5O. The van der Waals surface area contributed by atoms with Gasteiger partial charge < -0.3 is 10.6 Å². The summed E-state index contributed by atoms with van der Waals surface area (Å²) in [5.74, 6) is 0.169. The second-order valence-corrected chi connectivity index (χ2v) is 5.39. The van der Waals surface area contributed by atoms with Crippen LogP contribution in [0.1, 0.15) is 21.6 Å². The summed E-state index contributed by atoms with van der Waals surface area (Å²) >= 11 is 0. The van der Waals surface area contributed by atoms with E-state index in [1.807, 2.05) is 37.3 Å². The first kappa shape index (κ1) is 16.1. The van der Waals surface area contributed by atoms with Crippen LogP contribution in [0, 0.1) is 18.3 Å². The van der Waals surface area contributed by atoms with E-state index in [2.05, 4.69) is 26.9 Å². The Morgan fingerprint density at radius 3 is 2.60 bits per heavy atom. The molecule has 0 aliphatic heterocycles. The molecule has 0 bridgehead atoms. The molecule has 6 nitrogen and oxygen atoms in total. The summed E-state index contributed by atoms with van der Waals surface area (Å²) in [7, 11) is 0. The molecule has 1 heterocycles. The van der Waals surface area contributed by atoms with E-state index >= 15 is 0 Å². The number of aromatic nitrogens is 2. The number of nitrogens with zero attached hydrogens (tertiary/aromatic N) is 3. The first-order valence-corrected chi connectivity index (χ1v) is 7.63. The van der Waals surface area contributed by atoms with Crippen LogP contribution in [0.3, 0.4) is 0 Å². The molecule has 25 heavy (non-hydrogen) atoms. The van der Waals surface area contributed by atoms with Crippen molar-refractivity contribution in [3.05, 3.63) is 77.5 Å². The molecule has 0 spiro atoms. The van der Waals surface area contributed by atoms with Crippen LogP contribution < -0.4 is 10.6 Å². The predicted molar refractivity (Wildman–Crippen MR) is 95.6 cm³/mol. The summed E-state index contributed by atoms with van der Waals surface area (Å²) in [4.78, 5) is 12.2. The average molecular weight is 329 g/mol. The molecule has 2 N–H and O–H groups in total. The quantitative estimate of drug-likeness (QED) is 0.762. The summed E-state index contributed by atoms with van der Waals surface area (Å²) in [6, 6.07) is 19.9. The van der Waals surface area contributed by atoms with E-state index in [9.17, 15) is 4.79 Å². The second kappa shape index (κ2) is 7.23. The molecular weight excluding hydrogens is 314 g/mol. The third kappa shape index (κ3) is 3.98. The van der Waals surface area contributed by atoms with Gasteiger partial charge in [-0.05, 0) is 48.9 Å². The number of hydrogen-bond acceptors (Lipinski definition) is 5. The summed E-state index contributed by atoms with van der Waals surface area (Å²) in [6.45, 7) is 1.92. The summed E-state index contributed by atoms with van der Waals surface area (Å²) in [6.07, 6.45) is 0. The van der Waals surface area contributed by atoms with Crippen LogP contribution >= 0.6 is 0 Å². The van der Waals surface area contributed by atoms with E-state index in [1.54, 1.807) is 30.3 Å². The van der Waals surface area contributed by atoms with Gasteiger partial charge in [0.15, 0.2) is 11.5 Å². The lowest BCUT2D eigenvalue weighted by Gasteiger charge is -2.08. The van der Waals surface area contributed by atoms with Crippen molar-refractivity contribution >= 4 is 23.1 Å². The van der Waals surface area contributed by atoms with Gasteiger partial charge in [0, 0.05) is 11.4 Å². The van der Waals surface area contributed by atoms with Crippen molar-refractivity contribution in [1.82, 2.24) is 10.2 Å². The van der Waals surface area contributed by atoms with E-state index in [-0.39, 0.29) is 11.6 Å². The Morgan fingerprint density at radius 2 is 1.88 bits per heavy atom. The Labute approximate surface area is 145 Å². The number of aryl methyl sites for hydroxylation is 1. The fraction of sp³-hybridized carbons (Fsp3) is 0.0526. The predicted octanol–water partition coefficient (Wildman–Crippen LogP) is 3.65. The first-order chi connectivity index (χ1) is 12.2. The van der Waals surface area contributed by atoms with Crippen molar-refractivity contribution < 1.29 is 4.79 Å². The van der Waals surface area contributed by atoms with Gasteiger partial charge in [0.1, 0.15) is 0 Å². The molecule has 0 unspecified atom stereocenters. The summed E-state index contributed by atoms with van der Waals surface area (Å²) in [5, 5.41) is 22.7. The lowest BCUT2D eigenvalue weighted by molar-refractivity contribution is 0.102. The molecule has 1 amide bonds. The smallest absolute Gasteiger partial charge is 0.276 e. The maximum Gasteiger partial charge on any atom is 0.276 e. The minimum absolute atomic E-state index is 0.222. The molecule has 122 valence electrons. The molecule has 0 saturated heterocycles. The van der Waals surface area contributed by atoms with E-state index in [4.69, 9.17) is 5.26 Å². The molecule has 0 fully saturated rings. The number of benzene rings is 2. The number of nitriles is 1. The Morgan fingerprint density at radius 1 is 1.04 bits per heavy atom. The van der Waals surface area contributed by atoms with Gasteiger partial charge in [0.05, 0.1) is 11.6 Å². The van der Waals surface area contributed by atoms with Gasteiger partial charge in [-0.3, -0.25) is 4.79 Å². The zero-order valence-corrected chi connectivity index (χ0v) is 13.5. The molecule has 3 rings (SSSR count). The highest BCUT2D eigenvalue weighted by atomic mass is 16.1. The van der Waals surface area contributed by atoms with E-state index in [0.717, 1.165) is 16.9 Å². The van der Waals surface area contributed by atoms with Crippen molar-refractivity contribution in [3.63, 3.8) is 0 Å². The van der Waals surface area contributed by atoms with Crippen molar-refractivity contribution in [2.75, 3.05) is 10.6 Å². The Kier molecular flexibility index (Phi) is 4.67. The maximum absolute atomic E-state index is 12.2. The highest BCUT2D eigenvalue weighted by Gasteiger charge is 2.10. The molecule has 0 saturated carbocycles. The van der Waals surface area contributed by atoms with Gasteiger partial charge >= 0.3 is 0 Å². The van der Waals surface area contributed by atoms with E-state index in [1.165, 1.54) is 0 Å². The van der Waals surface area contributed by atoms with Crippen LogP contribution in [0.5, 0.6) is 0 Å². The molecule has 0 aliphatic carbocycles. The van der Waals surface area contributed by atoms with Crippen LogP contribution in [0.15, 0.2) is 60.7 Å². The van der Waals surface area contributed by atoms with Crippen molar-refractivity contribution in [1.29, 1.82) is 5.26 Å². The van der Waals surface area contributed by atoms with Gasteiger partial charge in [-0.1, -0.05) is 24.3 Å². The minimum atomic E-state index is -0.320. The maximum atomic E-state index is 12.2. The SMILES string of the molecule is Cc1ccccc1NC(=O)c1ccc(Nc2cccc(C#N)c2)nn1. The number of carbonyl (C=O) groups is 1. The Balaban J connectivity index is 1.70. The van der Waals surface area contributed by atoms with Crippen molar-refractivity contribution in [2.45, 2.75) is 6.92 Å². The Bertz CT molecular complexity index is 945. The van der Waals surface area contributed by atoms with Crippen LogP contribution in [0.25, 0.3) is 0 Å². The molecule has 2 aromatic carbocycles. The third-order valence-electron chi connectivity index (χ3n) is 3.55. The molecule has 0 radical (unpaired) electrons. The molecule has 0 atom stereocenters. The van der Waals surface area contributed by atoms with E-state index < -0.39 is 0 Å². The minimum Gasteiger partial charge on any atom is -0.339 e. The summed E-state index contributed by atoms with van der Waals surface area (Å²) < 4.78 is 0. The molecule has 6 heteroatoms. The Hall–Kier alpha value is -3.72. The normalized spacial score (nSPS) is 9.92. The van der Waals surface area contributed by atoms with E-state index in [0.29, 0.717) is 11.4 Å². The zero-order valence-electron chi connectivity index (χ0n) is 13.5. The van der Waals surface area contributed by atoms with Crippen LogP contribution in [-0.2, 0) is 0 Å². The van der Waals surface area contributed by atoms with Crippen LogP contribution in [-0.4, -0.2) is 16.1 Å². The van der Waals surface area contributed by atoms with Gasteiger partial charge in [-0.2, -0.15) is 5.26 Å². The van der Waals surface area contributed by atoms with Crippen molar-refractivity contribution in [2.24, 2.45) is 0 Å².